The van der Waals surface area contributed by atoms with Gasteiger partial charge < -0.3 is 15.5 Å². The first-order chi connectivity index (χ1) is 14.6. The summed E-state index contributed by atoms with van der Waals surface area (Å²) in [5.41, 5.74) is 4.81. The quantitative estimate of drug-likeness (QED) is 0.481. The van der Waals surface area contributed by atoms with Gasteiger partial charge in [0.1, 0.15) is 6.54 Å². The van der Waals surface area contributed by atoms with E-state index in [1.54, 1.807) is 0 Å². The van der Waals surface area contributed by atoms with E-state index in [9.17, 15) is 14.7 Å². The molecule has 0 unspecified atom stereocenters. The van der Waals surface area contributed by atoms with E-state index in [-0.39, 0.29) is 17.4 Å². The van der Waals surface area contributed by atoms with Crippen molar-refractivity contribution in [2.75, 3.05) is 13.2 Å². The minimum atomic E-state index is -1.08. The zero-order valence-electron chi connectivity index (χ0n) is 18.9. The zero-order valence-corrected chi connectivity index (χ0v) is 18.9. The summed E-state index contributed by atoms with van der Waals surface area (Å²) in [6.45, 7) is 6.12. The summed E-state index contributed by atoms with van der Waals surface area (Å²) >= 11 is 0. The number of hydroxylamine groups is 1. The van der Waals surface area contributed by atoms with Crippen molar-refractivity contribution in [3.05, 3.63) is 23.4 Å². The summed E-state index contributed by atoms with van der Waals surface area (Å²) < 4.78 is 0. The number of nitrogens with one attached hydrogen (secondary N) is 2. The van der Waals surface area contributed by atoms with Crippen molar-refractivity contribution >= 4 is 11.9 Å². The topological polar surface area (TPSA) is 108 Å². The van der Waals surface area contributed by atoms with Gasteiger partial charge in [0.05, 0.1) is 11.3 Å². The van der Waals surface area contributed by atoms with Crippen LogP contribution < -0.4 is 10.8 Å². The van der Waals surface area contributed by atoms with Crippen molar-refractivity contribution in [1.29, 1.82) is 0 Å². The van der Waals surface area contributed by atoms with Gasteiger partial charge in [-0.05, 0) is 86.5 Å². The third-order valence-electron chi connectivity index (χ3n) is 9.20. The van der Waals surface area contributed by atoms with Crippen LogP contribution in [-0.2, 0) is 14.4 Å². The van der Waals surface area contributed by atoms with Crippen LogP contribution in [0.1, 0.15) is 65.7 Å². The predicted octanol–water partition coefficient (Wildman–Crippen LogP) is 2.92. The Morgan fingerprint density at radius 2 is 1.90 bits per heavy atom. The monoisotopic (exact) mass is 432 g/mol. The minimum absolute atomic E-state index is 0.0397. The lowest BCUT2D eigenvalue weighted by Crippen LogP contribution is -2.53. The third kappa shape index (κ3) is 3.80. The van der Waals surface area contributed by atoms with E-state index in [1.807, 2.05) is 6.92 Å². The van der Waals surface area contributed by atoms with Crippen molar-refractivity contribution in [3.63, 3.8) is 0 Å². The maximum atomic E-state index is 11.6. The standard InChI is InChI=1S/C24H36N2O5/c1-22-9-6-16(26-31-14-20(27)25-13-21(28)29)12-15(22)4-5-17-18(22)7-10-23(2)19(17)8-11-24(23,3)30/h6,12,17-19,26,30H,4-5,7-11,13-14H2,1-3H3,(H,25,27)(H,28,29)/t17-,18+,19-,22+,23-,24+/m0/s1. The van der Waals surface area contributed by atoms with E-state index in [1.165, 1.54) is 18.4 Å². The van der Waals surface area contributed by atoms with Crippen molar-refractivity contribution in [2.45, 2.75) is 71.3 Å². The molecule has 3 fully saturated rings. The summed E-state index contributed by atoms with van der Waals surface area (Å²) in [6, 6.07) is 0. The average molecular weight is 433 g/mol. The molecule has 0 saturated heterocycles. The van der Waals surface area contributed by atoms with Crippen LogP contribution in [0, 0.1) is 28.6 Å². The second kappa shape index (κ2) is 7.93. The Labute approximate surface area is 184 Å². The van der Waals surface area contributed by atoms with Gasteiger partial charge in [-0.15, -0.1) is 0 Å². The van der Waals surface area contributed by atoms with Gasteiger partial charge in [-0.25, -0.2) is 0 Å². The van der Waals surface area contributed by atoms with Gasteiger partial charge in [-0.3, -0.25) is 19.9 Å². The highest BCUT2D eigenvalue weighted by Crippen LogP contribution is 2.67. The van der Waals surface area contributed by atoms with Crippen LogP contribution in [0.2, 0.25) is 0 Å². The first-order valence-electron chi connectivity index (χ1n) is 11.6. The molecule has 0 radical (unpaired) electrons. The molecule has 0 aromatic heterocycles. The molecule has 172 valence electrons. The number of carbonyl (C=O) groups is 2. The van der Waals surface area contributed by atoms with Gasteiger partial charge in [0.25, 0.3) is 0 Å². The number of rotatable bonds is 6. The molecule has 0 aromatic rings. The number of hydrogen-bond acceptors (Lipinski definition) is 5. The molecule has 6 atom stereocenters. The fraction of sp³-hybridized carbons (Fsp3) is 0.750. The Morgan fingerprint density at radius 3 is 2.65 bits per heavy atom. The van der Waals surface area contributed by atoms with Crippen LogP contribution in [0.5, 0.6) is 0 Å². The lowest BCUT2D eigenvalue weighted by atomic mass is 9.47. The van der Waals surface area contributed by atoms with Crippen LogP contribution in [-0.4, -0.2) is 40.8 Å². The number of hydrogen-bond donors (Lipinski definition) is 4. The largest absolute Gasteiger partial charge is 0.480 e. The number of carbonyl (C=O) groups excluding carboxylic acids is 1. The van der Waals surface area contributed by atoms with Crippen LogP contribution in [0.4, 0.5) is 0 Å². The fourth-order valence-electron chi connectivity index (χ4n) is 7.14. The van der Waals surface area contributed by atoms with Crippen LogP contribution in [0.15, 0.2) is 23.4 Å². The number of aliphatic carboxylic acids is 1. The van der Waals surface area contributed by atoms with Crippen LogP contribution in [0.3, 0.4) is 0 Å². The Hall–Kier alpha value is -1.86. The summed E-state index contributed by atoms with van der Waals surface area (Å²) in [5, 5.41) is 21.9. The summed E-state index contributed by atoms with van der Waals surface area (Å²) in [5.74, 6) is 0.366. The molecule has 0 aromatic carbocycles. The second-order valence-corrected chi connectivity index (χ2v) is 10.7. The molecule has 4 N–H and O–H groups in total. The maximum absolute atomic E-state index is 11.6. The number of aliphatic hydroxyl groups is 1. The Bertz CT molecular complexity index is 819. The minimum Gasteiger partial charge on any atom is -0.480 e. The average Bonchev–Trinajstić information content (AvgIpc) is 2.96. The SMILES string of the molecule is C[C@]12CC[C@@H]3[C@H](CCC4=CC(NOCC(=O)NCC(=O)O)=CC[C@]43C)[C@@H]1CC[C@@]2(C)O. The Balaban J connectivity index is 1.38. The lowest BCUT2D eigenvalue weighted by Gasteiger charge is -2.58. The van der Waals surface area contributed by atoms with Crippen molar-refractivity contribution in [1.82, 2.24) is 10.8 Å². The molecule has 4 aliphatic rings. The highest BCUT2D eigenvalue weighted by molar-refractivity contribution is 5.81. The van der Waals surface area contributed by atoms with Gasteiger partial charge in [0.2, 0.25) is 5.91 Å². The third-order valence-corrected chi connectivity index (χ3v) is 9.20. The molecule has 0 spiro atoms. The molecular weight excluding hydrogens is 396 g/mol. The van der Waals surface area contributed by atoms with E-state index in [4.69, 9.17) is 9.94 Å². The van der Waals surface area contributed by atoms with Crippen molar-refractivity contribution in [2.24, 2.45) is 28.6 Å². The molecular formula is C24H36N2O5. The van der Waals surface area contributed by atoms with Gasteiger partial charge >= 0.3 is 5.97 Å². The molecule has 4 aliphatic carbocycles. The molecule has 0 heterocycles. The molecule has 7 nitrogen and oxygen atoms in total. The number of fused-ring (bicyclic) bond motifs is 5. The Morgan fingerprint density at radius 1 is 1.16 bits per heavy atom. The summed E-state index contributed by atoms with van der Waals surface area (Å²) in [4.78, 5) is 27.4. The number of amides is 1. The van der Waals surface area contributed by atoms with E-state index in [0.29, 0.717) is 17.8 Å². The fourth-order valence-corrected chi connectivity index (χ4v) is 7.14. The summed E-state index contributed by atoms with van der Waals surface area (Å²) in [7, 11) is 0. The molecule has 31 heavy (non-hydrogen) atoms. The maximum Gasteiger partial charge on any atom is 0.322 e. The number of allylic oxidation sites excluding steroid dienone is 3. The highest BCUT2D eigenvalue weighted by atomic mass is 16.6. The first-order valence-corrected chi connectivity index (χ1v) is 11.6. The van der Waals surface area contributed by atoms with Gasteiger partial charge in [-0.1, -0.05) is 25.5 Å². The van der Waals surface area contributed by atoms with Crippen molar-refractivity contribution in [3.8, 4) is 0 Å². The van der Waals surface area contributed by atoms with Gasteiger partial charge in [0, 0.05) is 0 Å². The molecule has 4 rings (SSSR count). The van der Waals surface area contributed by atoms with Crippen molar-refractivity contribution < 1.29 is 24.6 Å². The second-order valence-electron chi connectivity index (χ2n) is 10.7. The van der Waals surface area contributed by atoms with Crippen LogP contribution in [0.25, 0.3) is 0 Å². The molecule has 7 heteroatoms. The predicted molar refractivity (Wildman–Crippen MR) is 116 cm³/mol. The van der Waals surface area contributed by atoms with E-state index in [0.717, 1.165) is 37.8 Å². The smallest absolute Gasteiger partial charge is 0.322 e. The molecule has 0 bridgehead atoms. The highest BCUT2D eigenvalue weighted by Gasteiger charge is 2.62. The molecule has 0 aliphatic heterocycles. The van der Waals surface area contributed by atoms with Gasteiger partial charge in [-0.2, -0.15) is 0 Å². The summed E-state index contributed by atoms with van der Waals surface area (Å²) in [6.07, 6.45) is 11.8. The van der Waals surface area contributed by atoms with E-state index in [2.05, 4.69) is 36.8 Å². The number of carboxylic acid groups (broad SMARTS) is 1. The van der Waals surface area contributed by atoms with Gasteiger partial charge in [0.15, 0.2) is 6.61 Å². The van der Waals surface area contributed by atoms with E-state index >= 15 is 0 Å². The van der Waals surface area contributed by atoms with E-state index < -0.39 is 24.0 Å². The molecule has 3 saturated carbocycles. The lowest BCUT2D eigenvalue weighted by molar-refractivity contribution is -0.139. The Kier molecular flexibility index (Phi) is 5.71. The normalized spacial score (nSPS) is 41.2. The molecule has 1 amide bonds. The first kappa shape index (κ1) is 22.3. The number of carboxylic acids is 1. The van der Waals surface area contributed by atoms with Crippen LogP contribution >= 0.6 is 0 Å². The zero-order chi connectivity index (χ0) is 22.4.